The van der Waals surface area contributed by atoms with Gasteiger partial charge in [-0.3, -0.25) is 19.1 Å². The Labute approximate surface area is 126 Å². The molecule has 128 valence electrons. The van der Waals surface area contributed by atoms with Crippen LogP contribution in [0.2, 0.25) is 0 Å². The monoisotopic (exact) mass is 337 g/mol. The number of hydrogen-bond donors (Lipinski definition) is 3. The first-order chi connectivity index (χ1) is 10.6. The number of nitrogens with zero attached hydrogens (tertiary/aromatic N) is 1. The number of hydrogen-bond acceptors (Lipinski definition) is 5. The normalized spacial score (nSPS) is 24.7. The van der Waals surface area contributed by atoms with Gasteiger partial charge in [-0.2, -0.15) is 13.2 Å². The molecule has 1 aliphatic rings. The minimum atomic E-state index is -5.07. The summed E-state index contributed by atoms with van der Waals surface area (Å²) in [6.45, 7) is 0.798. The van der Waals surface area contributed by atoms with Crippen molar-refractivity contribution in [2.45, 2.75) is 37.9 Å². The van der Waals surface area contributed by atoms with Gasteiger partial charge in [0, 0.05) is 18.2 Å². The molecule has 2 heterocycles. The fraction of sp³-hybridized carbons (Fsp3) is 0.583. The Morgan fingerprint density at radius 1 is 1.52 bits per heavy atom. The molecule has 8 nitrogen and oxygen atoms in total. The average molecular weight is 337 g/mol. The number of amides is 1. The first-order valence-corrected chi connectivity index (χ1v) is 6.59. The number of aromatic amines is 1. The van der Waals surface area contributed by atoms with Crippen LogP contribution in [0.1, 0.15) is 18.2 Å². The summed E-state index contributed by atoms with van der Waals surface area (Å²) in [7, 11) is 0. The second-order valence-electron chi connectivity index (χ2n) is 5.10. The molecule has 1 saturated heterocycles. The SMILES string of the molecule is Cc1cn([C@H]2CC(NC(=O)C(F)(F)F)[C@@H](CO)O2)c(=O)[nH]c1=O. The number of halogens is 3. The first kappa shape index (κ1) is 17.2. The largest absolute Gasteiger partial charge is 0.471 e. The number of nitrogens with one attached hydrogen (secondary N) is 2. The zero-order valence-corrected chi connectivity index (χ0v) is 11.9. The van der Waals surface area contributed by atoms with Crippen LogP contribution in [0.3, 0.4) is 0 Å². The highest BCUT2D eigenvalue weighted by molar-refractivity contribution is 5.82. The molecular formula is C12H14F3N3O5. The lowest BCUT2D eigenvalue weighted by Gasteiger charge is -2.18. The lowest BCUT2D eigenvalue weighted by atomic mass is 10.1. The molecule has 0 bridgehead atoms. The molecule has 1 aromatic heterocycles. The number of carbonyl (C=O) groups is 1. The molecule has 3 N–H and O–H groups in total. The minimum Gasteiger partial charge on any atom is -0.394 e. The fourth-order valence-electron chi connectivity index (χ4n) is 2.27. The van der Waals surface area contributed by atoms with E-state index in [9.17, 15) is 32.7 Å². The van der Waals surface area contributed by atoms with E-state index in [0.717, 1.165) is 4.57 Å². The topological polar surface area (TPSA) is 113 Å². The van der Waals surface area contributed by atoms with Crippen molar-refractivity contribution in [1.29, 1.82) is 0 Å². The standard InChI is InChI=1S/C12H14F3N3O5/c1-5-3-18(11(22)17-9(5)20)8-2-6(7(4-19)23-8)16-10(21)12(13,14)15/h3,6-8,19H,2,4H2,1H3,(H,16,21)(H,17,20,22)/t6?,7-,8-/m1/s1. The summed E-state index contributed by atoms with van der Waals surface area (Å²) in [4.78, 5) is 36.1. The zero-order valence-electron chi connectivity index (χ0n) is 11.9. The molecule has 3 atom stereocenters. The molecule has 0 spiro atoms. The van der Waals surface area contributed by atoms with E-state index in [0.29, 0.717) is 0 Å². The van der Waals surface area contributed by atoms with Crippen LogP contribution in [0.25, 0.3) is 0 Å². The van der Waals surface area contributed by atoms with Gasteiger partial charge in [0.15, 0.2) is 0 Å². The van der Waals surface area contributed by atoms with Crippen LogP contribution >= 0.6 is 0 Å². The van der Waals surface area contributed by atoms with Gasteiger partial charge < -0.3 is 15.2 Å². The molecule has 0 aliphatic carbocycles. The predicted molar refractivity (Wildman–Crippen MR) is 69.7 cm³/mol. The van der Waals surface area contributed by atoms with Gasteiger partial charge in [-0.25, -0.2) is 4.79 Å². The highest BCUT2D eigenvalue weighted by Crippen LogP contribution is 2.28. The van der Waals surface area contributed by atoms with Gasteiger partial charge in [0.25, 0.3) is 5.56 Å². The zero-order chi connectivity index (χ0) is 17.4. The number of rotatable bonds is 3. The van der Waals surface area contributed by atoms with Crippen molar-refractivity contribution in [3.05, 3.63) is 32.6 Å². The van der Waals surface area contributed by atoms with Gasteiger partial charge in [-0.15, -0.1) is 0 Å². The molecule has 2 rings (SSSR count). The second-order valence-corrected chi connectivity index (χ2v) is 5.10. The lowest BCUT2D eigenvalue weighted by molar-refractivity contribution is -0.174. The van der Waals surface area contributed by atoms with E-state index < -0.39 is 48.3 Å². The first-order valence-electron chi connectivity index (χ1n) is 6.59. The van der Waals surface area contributed by atoms with E-state index in [2.05, 4.69) is 0 Å². The highest BCUT2D eigenvalue weighted by Gasteiger charge is 2.44. The van der Waals surface area contributed by atoms with Crippen LogP contribution in [0.4, 0.5) is 13.2 Å². The number of carbonyl (C=O) groups excluding carboxylic acids is 1. The van der Waals surface area contributed by atoms with E-state index in [1.165, 1.54) is 13.1 Å². The van der Waals surface area contributed by atoms with Crippen LogP contribution in [-0.4, -0.2) is 45.5 Å². The van der Waals surface area contributed by atoms with Crippen LogP contribution in [0.5, 0.6) is 0 Å². The summed E-state index contributed by atoms with van der Waals surface area (Å²) < 4.78 is 43.2. The second kappa shape index (κ2) is 6.16. The van der Waals surface area contributed by atoms with Crippen LogP contribution < -0.4 is 16.6 Å². The van der Waals surface area contributed by atoms with Crippen molar-refractivity contribution in [2.24, 2.45) is 0 Å². The number of H-pyrrole nitrogens is 1. The Morgan fingerprint density at radius 2 is 2.17 bits per heavy atom. The summed E-state index contributed by atoms with van der Waals surface area (Å²) in [5.74, 6) is -2.16. The maximum Gasteiger partial charge on any atom is 0.471 e. The summed E-state index contributed by atoms with van der Waals surface area (Å²) >= 11 is 0. The van der Waals surface area contributed by atoms with Crippen molar-refractivity contribution in [3.8, 4) is 0 Å². The molecule has 1 aromatic rings. The van der Waals surface area contributed by atoms with Crippen molar-refractivity contribution in [1.82, 2.24) is 14.9 Å². The van der Waals surface area contributed by atoms with Gasteiger partial charge in [-0.1, -0.05) is 0 Å². The number of ether oxygens (including phenoxy) is 1. The third kappa shape index (κ3) is 3.62. The molecular weight excluding hydrogens is 323 g/mol. The summed E-state index contributed by atoms with van der Waals surface area (Å²) in [6, 6.07) is -1.13. The number of alkyl halides is 3. The van der Waals surface area contributed by atoms with E-state index in [4.69, 9.17) is 4.74 Å². The number of aryl methyl sites for hydroxylation is 1. The third-order valence-electron chi connectivity index (χ3n) is 3.45. The molecule has 0 saturated carbocycles. The summed E-state index contributed by atoms with van der Waals surface area (Å²) in [5, 5.41) is 10.9. The predicted octanol–water partition coefficient (Wildman–Crippen LogP) is -0.828. The molecule has 0 radical (unpaired) electrons. The maximum absolute atomic E-state index is 12.3. The molecule has 11 heteroatoms. The Hall–Kier alpha value is -2.14. The molecule has 1 fully saturated rings. The van der Waals surface area contributed by atoms with Gasteiger partial charge in [0.1, 0.15) is 12.3 Å². The van der Waals surface area contributed by atoms with E-state index in [1.807, 2.05) is 4.98 Å². The maximum atomic E-state index is 12.3. The Bertz CT molecular complexity index is 711. The van der Waals surface area contributed by atoms with Crippen molar-refractivity contribution in [3.63, 3.8) is 0 Å². The Balaban J connectivity index is 2.22. The number of aliphatic hydroxyl groups excluding tert-OH is 1. The van der Waals surface area contributed by atoms with Gasteiger partial charge in [-0.05, 0) is 6.92 Å². The summed E-state index contributed by atoms with van der Waals surface area (Å²) in [6.07, 6.45) is -6.16. The van der Waals surface area contributed by atoms with E-state index >= 15 is 0 Å². The molecule has 0 aromatic carbocycles. The van der Waals surface area contributed by atoms with E-state index in [1.54, 1.807) is 5.32 Å². The van der Waals surface area contributed by atoms with Crippen molar-refractivity contribution < 1.29 is 27.8 Å². The van der Waals surface area contributed by atoms with Gasteiger partial charge in [0.2, 0.25) is 0 Å². The Kier molecular flexibility index (Phi) is 4.61. The average Bonchev–Trinajstić information content (AvgIpc) is 2.84. The van der Waals surface area contributed by atoms with Crippen LogP contribution in [0.15, 0.2) is 15.8 Å². The Morgan fingerprint density at radius 3 is 2.74 bits per heavy atom. The smallest absolute Gasteiger partial charge is 0.394 e. The quantitative estimate of drug-likeness (QED) is 0.666. The van der Waals surface area contributed by atoms with Crippen molar-refractivity contribution >= 4 is 5.91 Å². The number of aliphatic hydroxyl groups is 1. The molecule has 1 aliphatic heterocycles. The molecule has 1 unspecified atom stereocenters. The van der Waals surface area contributed by atoms with E-state index in [-0.39, 0.29) is 12.0 Å². The third-order valence-corrected chi connectivity index (χ3v) is 3.45. The van der Waals surface area contributed by atoms with Crippen molar-refractivity contribution in [2.75, 3.05) is 6.61 Å². The minimum absolute atomic E-state index is 0.168. The fourth-order valence-corrected chi connectivity index (χ4v) is 2.27. The van der Waals surface area contributed by atoms with Gasteiger partial charge in [0.05, 0.1) is 12.6 Å². The highest BCUT2D eigenvalue weighted by atomic mass is 19.4. The van der Waals surface area contributed by atoms with Crippen LogP contribution in [0, 0.1) is 6.92 Å². The van der Waals surface area contributed by atoms with Gasteiger partial charge >= 0.3 is 17.8 Å². The number of aromatic nitrogens is 2. The summed E-state index contributed by atoms with van der Waals surface area (Å²) in [5.41, 5.74) is -1.19. The van der Waals surface area contributed by atoms with Crippen LogP contribution in [-0.2, 0) is 9.53 Å². The molecule has 23 heavy (non-hydrogen) atoms. The lowest BCUT2D eigenvalue weighted by Crippen LogP contribution is -2.47. The molecule has 1 amide bonds.